The molecule has 2 atom stereocenters. The van der Waals surface area contributed by atoms with E-state index in [-0.39, 0.29) is 12.0 Å². The van der Waals surface area contributed by atoms with Gasteiger partial charge in [-0.2, -0.15) is 0 Å². The molecule has 2 aliphatic rings. The van der Waals surface area contributed by atoms with E-state index in [1.54, 1.807) is 0 Å². The fourth-order valence-electron chi connectivity index (χ4n) is 4.24. The Morgan fingerprint density at radius 1 is 1.17 bits per heavy atom. The molecule has 2 saturated heterocycles. The summed E-state index contributed by atoms with van der Waals surface area (Å²) in [4.78, 5) is 24.7. The van der Waals surface area contributed by atoms with Crippen molar-refractivity contribution in [2.75, 3.05) is 24.6 Å². The Balaban J connectivity index is 1.63. The average Bonchev–Trinajstić information content (AvgIpc) is 3.31. The van der Waals surface area contributed by atoms with Gasteiger partial charge in [-0.25, -0.2) is 9.97 Å². The second-order valence-corrected chi connectivity index (χ2v) is 7.90. The van der Waals surface area contributed by atoms with Crippen molar-refractivity contribution in [1.29, 1.82) is 0 Å². The van der Waals surface area contributed by atoms with E-state index in [4.69, 9.17) is 9.72 Å². The largest absolute Gasteiger partial charge is 0.376 e. The van der Waals surface area contributed by atoms with E-state index < -0.39 is 0 Å². The molecule has 4 rings (SSSR count). The molecule has 6 heteroatoms. The third-order valence-corrected chi connectivity index (χ3v) is 5.88. The van der Waals surface area contributed by atoms with Gasteiger partial charge in [0.1, 0.15) is 11.5 Å². The summed E-state index contributed by atoms with van der Waals surface area (Å²) in [5.41, 5.74) is 1.35. The van der Waals surface area contributed by atoms with Gasteiger partial charge in [0.05, 0.1) is 6.10 Å². The van der Waals surface area contributed by atoms with Gasteiger partial charge in [-0.3, -0.25) is 4.79 Å². The number of hydrogen-bond acceptors (Lipinski definition) is 5. The number of anilines is 1. The van der Waals surface area contributed by atoms with E-state index >= 15 is 0 Å². The number of carbonyl (C=O) groups is 1. The maximum Gasteiger partial charge on any atom is 0.270 e. The number of ether oxygens (including phenoxy) is 1. The number of amides is 1. The van der Waals surface area contributed by atoms with Crippen molar-refractivity contribution in [3.8, 4) is 11.4 Å². The zero-order chi connectivity index (χ0) is 20.1. The van der Waals surface area contributed by atoms with Crippen LogP contribution in [0.1, 0.15) is 55.9 Å². The van der Waals surface area contributed by atoms with Gasteiger partial charge in [-0.1, -0.05) is 37.3 Å². The van der Waals surface area contributed by atoms with Gasteiger partial charge in [0.25, 0.3) is 5.91 Å². The Morgan fingerprint density at radius 2 is 2.03 bits per heavy atom. The molecule has 0 radical (unpaired) electrons. The summed E-state index contributed by atoms with van der Waals surface area (Å²) in [6.45, 7) is 4.50. The summed E-state index contributed by atoms with van der Waals surface area (Å²) in [5.74, 6) is 1.30. The highest BCUT2D eigenvalue weighted by atomic mass is 16.5. The summed E-state index contributed by atoms with van der Waals surface area (Å²) < 4.78 is 5.62. The molecule has 0 aliphatic carbocycles. The number of carbonyl (C=O) groups excluding carboxylic acids is 1. The van der Waals surface area contributed by atoms with Crippen molar-refractivity contribution in [2.24, 2.45) is 0 Å². The Hall–Kier alpha value is -2.47. The average molecular weight is 395 g/mol. The van der Waals surface area contributed by atoms with E-state index in [2.05, 4.69) is 22.1 Å². The minimum absolute atomic E-state index is 0.111. The Kier molecular flexibility index (Phi) is 6.39. The predicted molar refractivity (Wildman–Crippen MR) is 114 cm³/mol. The topological polar surface area (TPSA) is 67.4 Å². The molecule has 0 spiro atoms. The van der Waals surface area contributed by atoms with Gasteiger partial charge >= 0.3 is 0 Å². The van der Waals surface area contributed by atoms with Crippen LogP contribution in [0.15, 0.2) is 36.4 Å². The van der Waals surface area contributed by atoms with Crippen LogP contribution in [0.3, 0.4) is 0 Å². The van der Waals surface area contributed by atoms with E-state index in [1.165, 1.54) is 12.8 Å². The summed E-state index contributed by atoms with van der Waals surface area (Å²) in [5, 5.41) is 3.00. The van der Waals surface area contributed by atoms with Crippen LogP contribution in [-0.4, -0.2) is 47.7 Å². The Labute approximate surface area is 172 Å². The van der Waals surface area contributed by atoms with Crippen molar-refractivity contribution in [2.45, 2.75) is 57.6 Å². The molecular formula is C23H30N4O2. The normalized spacial score (nSPS) is 21.9. The molecule has 1 N–H and O–H groups in total. The van der Waals surface area contributed by atoms with E-state index in [1.807, 2.05) is 36.4 Å². The molecule has 2 aromatic rings. The molecule has 2 unspecified atom stereocenters. The quantitative estimate of drug-likeness (QED) is 0.807. The first-order valence-electron chi connectivity index (χ1n) is 10.9. The summed E-state index contributed by atoms with van der Waals surface area (Å²) in [7, 11) is 0. The van der Waals surface area contributed by atoms with Crippen molar-refractivity contribution in [1.82, 2.24) is 15.3 Å². The zero-order valence-electron chi connectivity index (χ0n) is 17.1. The molecule has 6 nitrogen and oxygen atoms in total. The van der Waals surface area contributed by atoms with Crippen molar-refractivity contribution in [3.05, 3.63) is 42.1 Å². The molecular weight excluding hydrogens is 364 g/mol. The first kappa shape index (κ1) is 19.8. The fraction of sp³-hybridized carbons (Fsp3) is 0.522. The van der Waals surface area contributed by atoms with Crippen LogP contribution in [0.5, 0.6) is 0 Å². The minimum atomic E-state index is -0.161. The van der Waals surface area contributed by atoms with Crippen LogP contribution in [0.2, 0.25) is 0 Å². The van der Waals surface area contributed by atoms with E-state index in [9.17, 15) is 4.79 Å². The van der Waals surface area contributed by atoms with E-state index in [0.29, 0.717) is 24.1 Å². The van der Waals surface area contributed by atoms with Crippen molar-refractivity contribution >= 4 is 11.7 Å². The Morgan fingerprint density at radius 3 is 2.79 bits per heavy atom. The summed E-state index contributed by atoms with van der Waals surface area (Å²) in [6.07, 6.45) is 6.82. The lowest BCUT2D eigenvalue weighted by Crippen LogP contribution is -2.40. The number of nitrogens with zero attached hydrogens (tertiary/aromatic N) is 3. The second kappa shape index (κ2) is 9.35. The molecule has 2 aliphatic heterocycles. The van der Waals surface area contributed by atoms with Crippen molar-refractivity contribution < 1.29 is 9.53 Å². The van der Waals surface area contributed by atoms with Crippen LogP contribution >= 0.6 is 0 Å². The lowest BCUT2D eigenvalue weighted by Gasteiger charge is -2.36. The zero-order valence-corrected chi connectivity index (χ0v) is 17.1. The highest BCUT2D eigenvalue weighted by molar-refractivity contribution is 5.93. The molecule has 3 heterocycles. The first-order chi connectivity index (χ1) is 14.2. The van der Waals surface area contributed by atoms with Gasteiger partial charge in [-0.15, -0.1) is 0 Å². The molecule has 154 valence electrons. The molecule has 0 bridgehead atoms. The summed E-state index contributed by atoms with van der Waals surface area (Å²) >= 11 is 0. The van der Waals surface area contributed by atoms with Crippen LogP contribution in [0, 0.1) is 0 Å². The number of aromatic nitrogens is 2. The standard InChI is InChI=1S/C23H30N4O2/c1-2-18-11-6-7-13-27(18)21-15-20(23(28)24-16-19-12-8-14-29-19)25-22(26-21)17-9-4-3-5-10-17/h3-5,9-10,15,18-19H,2,6-8,11-14,16H2,1H3,(H,24,28). The number of nitrogens with one attached hydrogen (secondary N) is 1. The SMILES string of the molecule is CCC1CCCCN1c1cc(C(=O)NCC2CCCO2)nc(-c2ccccc2)n1. The number of benzene rings is 1. The van der Waals surface area contributed by atoms with Crippen LogP contribution in [0.4, 0.5) is 5.82 Å². The number of hydrogen-bond donors (Lipinski definition) is 1. The summed E-state index contributed by atoms with van der Waals surface area (Å²) in [6, 6.07) is 12.2. The third kappa shape index (κ3) is 4.75. The lowest BCUT2D eigenvalue weighted by molar-refractivity contribution is 0.0853. The molecule has 1 aromatic heterocycles. The minimum Gasteiger partial charge on any atom is -0.376 e. The highest BCUT2D eigenvalue weighted by Gasteiger charge is 2.25. The number of rotatable bonds is 6. The molecule has 2 fully saturated rings. The maximum atomic E-state index is 12.9. The molecule has 1 aromatic carbocycles. The van der Waals surface area contributed by atoms with Crippen LogP contribution < -0.4 is 10.2 Å². The monoisotopic (exact) mass is 394 g/mol. The fourth-order valence-corrected chi connectivity index (χ4v) is 4.24. The molecule has 29 heavy (non-hydrogen) atoms. The lowest BCUT2D eigenvalue weighted by atomic mass is 10.00. The van der Waals surface area contributed by atoms with Gasteiger partial charge in [0, 0.05) is 37.4 Å². The number of piperidine rings is 1. The Bertz CT molecular complexity index is 821. The van der Waals surface area contributed by atoms with Crippen LogP contribution in [0.25, 0.3) is 11.4 Å². The third-order valence-electron chi connectivity index (χ3n) is 5.88. The van der Waals surface area contributed by atoms with Crippen LogP contribution in [-0.2, 0) is 4.74 Å². The second-order valence-electron chi connectivity index (χ2n) is 7.90. The van der Waals surface area contributed by atoms with Gasteiger partial charge in [-0.05, 0) is 38.5 Å². The predicted octanol–water partition coefficient (Wildman–Crippen LogP) is 3.82. The smallest absolute Gasteiger partial charge is 0.270 e. The van der Waals surface area contributed by atoms with E-state index in [0.717, 1.165) is 50.2 Å². The molecule has 0 saturated carbocycles. The highest BCUT2D eigenvalue weighted by Crippen LogP contribution is 2.27. The van der Waals surface area contributed by atoms with Gasteiger partial charge in [0.2, 0.25) is 0 Å². The molecule has 1 amide bonds. The maximum absolute atomic E-state index is 12.9. The van der Waals surface area contributed by atoms with Crippen molar-refractivity contribution in [3.63, 3.8) is 0 Å². The van der Waals surface area contributed by atoms with Gasteiger partial charge in [0.15, 0.2) is 5.82 Å². The van der Waals surface area contributed by atoms with Gasteiger partial charge < -0.3 is 15.0 Å². The first-order valence-corrected chi connectivity index (χ1v) is 10.9.